The van der Waals surface area contributed by atoms with Crippen LogP contribution in [-0.2, 0) is 20.0 Å². The Bertz CT molecular complexity index is 702. The van der Waals surface area contributed by atoms with Crippen molar-refractivity contribution in [1.82, 2.24) is 14.7 Å². The van der Waals surface area contributed by atoms with E-state index in [1.807, 2.05) is 30.1 Å². The Hall–Kier alpha value is -1.72. The molecule has 2 aromatic rings. The van der Waals surface area contributed by atoms with Gasteiger partial charge in [-0.1, -0.05) is 17.7 Å². The van der Waals surface area contributed by atoms with Crippen molar-refractivity contribution in [2.45, 2.75) is 19.4 Å². The molecule has 2 heterocycles. The van der Waals surface area contributed by atoms with Crippen molar-refractivity contribution in [2.75, 3.05) is 27.3 Å². The molecule has 3 rings (SSSR count). The minimum Gasteiger partial charge on any atom is -0.493 e. The van der Waals surface area contributed by atoms with Crippen LogP contribution in [0.1, 0.15) is 17.5 Å². The minimum atomic E-state index is 0.614. The normalized spacial score (nSPS) is 18.1. The predicted molar refractivity (Wildman–Crippen MR) is 94.9 cm³/mol. The zero-order valence-corrected chi connectivity index (χ0v) is 15.2. The van der Waals surface area contributed by atoms with Crippen molar-refractivity contribution in [1.29, 1.82) is 0 Å². The molecular formula is C18H24ClN3O2. The third kappa shape index (κ3) is 3.68. The maximum Gasteiger partial charge on any atom is 0.179 e. The molecule has 5 nitrogen and oxygen atoms in total. The second-order valence-corrected chi connectivity index (χ2v) is 6.77. The molecule has 6 heteroatoms. The van der Waals surface area contributed by atoms with Gasteiger partial charge in [0.05, 0.1) is 25.4 Å². The highest BCUT2D eigenvalue weighted by Gasteiger charge is 2.24. The van der Waals surface area contributed by atoms with Crippen LogP contribution in [0.4, 0.5) is 0 Å². The van der Waals surface area contributed by atoms with Crippen molar-refractivity contribution < 1.29 is 9.47 Å². The molecule has 0 bridgehead atoms. The summed E-state index contributed by atoms with van der Waals surface area (Å²) in [4.78, 5) is 2.45. The molecule has 0 radical (unpaired) electrons. The third-order valence-corrected chi connectivity index (χ3v) is 5.03. The molecule has 1 aromatic heterocycles. The largest absolute Gasteiger partial charge is 0.493 e. The first kappa shape index (κ1) is 17.1. The molecule has 0 unspecified atom stereocenters. The minimum absolute atomic E-state index is 0.614. The SMILES string of the molecule is COc1ccc(CN2CC[C@H](Cc3cnn(C)c3)C2)c(Cl)c1OC. The quantitative estimate of drug-likeness (QED) is 0.803. The standard InChI is InChI=1S/C18H24ClN3O2/c1-21-10-14(9-20-21)8-13-6-7-22(11-13)12-15-4-5-16(23-2)18(24-3)17(15)19/h4-5,9-10,13H,6-8,11-12H2,1-3H3/t13-/m1/s1. The van der Waals surface area contributed by atoms with Crippen molar-refractivity contribution in [3.8, 4) is 11.5 Å². The number of rotatable bonds is 6. The number of hydrogen-bond acceptors (Lipinski definition) is 4. The number of likely N-dealkylation sites (tertiary alicyclic amines) is 1. The van der Waals surface area contributed by atoms with Gasteiger partial charge in [-0.3, -0.25) is 9.58 Å². The summed E-state index contributed by atoms with van der Waals surface area (Å²) in [5.41, 5.74) is 2.39. The first-order chi connectivity index (χ1) is 11.6. The Balaban J connectivity index is 1.63. The van der Waals surface area contributed by atoms with E-state index >= 15 is 0 Å². The highest BCUT2D eigenvalue weighted by molar-refractivity contribution is 6.33. The maximum absolute atomic E-state index is 6.50. The van der Waals surface area contributed by atoms with E-state index in [2.05, 4.69) is 16.2 Å². The van der Waals surface area contributed by atoms with Crippen LogP contribution in [0.25, 0.3) is 0 Å². The van der Waals surface area contributed by atoms with E-state index in [4.69, 9.17) is 21.1 Å². The van der Waals surface area contributed by atoms with Crippen LogP contribution >= 0.6 is 11.6 Å². The molecule has 0 amide bonds. The number of aryl methyl sites for hydroxylation is 1. The second-order valence-electron chi connectivity index (χ2n) is 6.39. The summed E-state index contributed by atoms with van der Waals surface area (Å²) < 4.78 is 12.6. The zero-order valence-electron chi connectivity index (χ0n) is 14.5. The number of hydrogen-bond donors (Lipinski definition) is 0. The monoisotopic (exact) mass is 349 g/mol. The lowest BCUT2D eigenvalue weighted by molar-refractivity contribution is 0.314. The molecule has 130 valence electrons. The zero-order chi connectivity index (χ0) is 17.1. The van der Waals surface area contributed by atoms with Crippen LogP contribution < -0.4 is 9.47 Å². The summed E-state index contributed by atoms with van der Waals surface area (Å²) in [6, 6.07) is 3.95. The molecule has 0 saturated carbocycles. The van der Waals surface area contributed by atoms with Gasteiger partial charge in [-0.15, -0.1) is 0 Å². The molecule has 1 saturated heterocycles. The number of aromatic nitrogens is 2. The Morgan fingerprint density at radius 2 is 2.12 bits per heavy atom. The van der Waals surface area contributed by atoms with Crippen LogP contribution in [0, 0.1) is 5.92 Å². The Labute approximate surface area is 148 Å². The van der Waals surface area contributed by atoms with E-state index in [0.29, 0.717) is 22.4 Å². The molecule has 1 aromatic carbocycles. The van der Waals surface area contributed by atoms with Gasteiger partial charge in [0.2, 0.25) is 0 Å². The van der Waals surface area contributed by atoms with Gasteiger partial charge in [0.15, 0.2) is 11.5 Å². The molecule has 0 aliphatic carbocycles. The lowest BCUT2D eigenvalue weighted by Gasteiger charge is -2.19. The van der Waals surface area contributed by atoms with Gasteiger partial charge in [-0.25, -0.2) is 0 Å². The molecule has 1 fully saturated rings. The summed E-state index contributed by atoms with van der Waals surface area (Å²) >= 11 is 6.50. The lowest BCUT2D eigenvalue weighted by atomic mass is 10.0. The van der Waals surface area contributed by atoms with Crippen LogP contribution in [0.15, 0.2) is 24.5 Å². The highest BCUT2D eigenvalue weighted by Crippen LogP contribution is 2.38. The van der Waals surface area contributed by atoms with E-state index in [9.17, 15) is 0 Å². The van der Waals surface area contributed by atoms with Gasteiger partial charge in [0.1, 0.15) is 0 Å². The maximum atomic E-state index is 6.50. The van der Waals surface area contributed by atoms with Crippen molar-refractivity contribution in [2.24, 2.45) is 13.0 Å². The number of halogens is 1. The number of ether oxygens (including phenoxy) is 2. The van der Waals surface area contributed by atoms with Crippen molar-refractivity contribution in [3.63, 3.8) is 0 Å². The molecule has 1 aliphatic rings. The average molecular weight is 350 g/mol. The number of nitrogens with zero attached hydrogens (tertiary/aromatic N) is 3. The van der Waals surface area contributed by atoms with E-state index in [0.717, 1.165) is 31.6 Å². The first-order valence-electron chi connectivity index (χ1n) is 8.20. The Morgan fingerprint density at radius 1 is 1.29 bits per heavy atom. The topological polar surface area (TPSA) is 39.5 Å². The molecular weight excluding hydrogens is 326 g/mol. The summed E-state index contributed by atoms with van der Waals surface area (Å²) in [6.07, 6.45) is 6.37. The number of methoxy groups -OCH3 is 2. The average Bonchev–Trinajstić information content (AvgIpc) is 3.18. The van der Waals surface area contributed by atoms with Gasteiger partial charge in [0, 0.05) is 26.3 Å². The lowest BCUT2D eigenvalue weighted by Crippen LogP contribution is -2.21. The molecule has 24 heavy (non-hydrogen) atoms. The summed E-state index contributed by atoms with van der Waals surface area (Å²) in [7, 11) is 5.20. The molecule has 1 aliphatic heterocycles. The van der Waals surface area contributed by atoms with Crippen LogP contribution in [-0.4, -0.2) is 42.0 Å². The first-order valence-corrected chi connectivity index (χ1v) is 8.57. The van der Waals surface area contributed by atoms with Gasteiger partial charge < -0.3 is 9.47 Å². The van der Waals surface area contributed by atoms with Crippen LogP contribution in [0.2, 0.25) is 5.02 Å². The van der Waals surface area contributed by atoms with Crippen molar-refractivity contribution >= 4 is 11.6 Å². The molecule has 0 spiro atoms. The fourth-order valence-corrected chi connectivity index (χ4v) is 3.72. The van der Waals surface area contributed by atoms with Gasteiger partial charge in [-0.2, -0.15) is 5.10 Å². The Kier molecular flexibility index (Phi) is 5.31. The van der Waals surface area contributed by atoms with Crippen molar-refractivity contribution in [3.05, 3.63) is 40.7 Å². The van der Waals surface area contributed by atoms with Gasteiger partial charge >= 0.3 is 0 Å². The summed E-state index contributed by atoms with van der Waals surface area (Å²) in [6.45, 7) is 3.01. The Morgan fingerprint density at radius 3 is 2.79 bits per heavy atom. The van der Waals surface area contributed by atoms with E-state index in [1.165, 1.54) is 12.0 Å². The van der Waals surface area contributed by atoms with Crippen LogP contribution in [0.3, 0.4) is 0 Å². The van der Waals surface area contributed by atoms with Crippen LogP contribution in [0.5, 0.6) is 11.5 Å². The summed E-state index contributed by atoms with van der Waals surface area (Å²) in [5, 5.41) is 4.90. The van der Waals surface area contributed by atoms with Gasteiger partial charge in [0.25, 0.3) is 0 Å². The van der Waals surface area contributed by atoms with E-state index < -0.39 is 0 Å². The highest BCUT2D eigenvalue weighted by atomic mass is 35.5. The second kappa shape index (κ2) is 7.45. The molecule has 1 atom stereocenters. The predicted octanol–water partition coefficient (Wildman–Crippen LogP) is 3.16. The van der Waals surface area contributed by atoms with E-state index in [1.54, 1.807) is 14.2 Å². The number of benzene rings is 1. The van der Waals surface area contributed by atoms with Gasteiger partial charge in [-0.05, 0) is 42.5 Å². The fraction of sp³-hybridized carbons (Fsp3) is 0.500. The third-order valence-electron chi connectivity index (χ3n) is 4.61. The summed E-state index contributed by atoms with van der Waals surface area (Å²) in [5.74, 6) is 1.96. The molecule has 0 N–H and O–H groups in total. The smallest absolute Gasteiger partial charge is 0.179 e. The van der Waals surface area contributed by atoms with E-state index in [-0.39, 0.29) is 0 Å². The fourth-order valence-electron chi connectivity index (χ4n) is 3.43.